The number of nitrogens with zero attached hydrogens (tertiary/aromatic N) is 1. The van der Waals surface area contributed by atoms with E-state index in [-0.39, 0.29) is 17.6 Å². The summed E-state index contributed by atoms with van der Waals surface area (Å²) in [4.78, 5) is 21.8. The highest BCUT2D eigenvalue weighted by Gasteiger charge is 2.17. The van der Waals surface area contributed by atoms with E-state index >= 15 is 0 Å². The van der Waals surface area contributed by atoms with Gasteiger partial charge in [0.25, 0.3) is 5.69 Å². The molecule has 0 aliphatic heterocycles. The fourth-order valence-electron chi connectivity index (χ4n) is 1.82. The number of benzene rings is 1. The van der Waals surface area contributed by atoms with Crippen molar-refractivity contribution < 1.29 is 9.72 Å². The summed E-state index contributed by atoms with van der Waals surface area (Å²) in [6, 6.07) is 6.45. The van der Waals surface area contributed by atoms with E-state index in [2.05, 4.69) is 10.6 Å². The molecule has 0 aliphatic rings. The third-order valence-electron chi connectivity index (χ3n) is 2.78. The van der Waals surface area contributed by atoms with Crippen molar-refractivity contribution in [3.8, 4) is 0 Å². The lowest BCUT2D eigenvalue weighted by molar-refractivity contribution is -0.385. The molecule has 0 aromatic heterocycles. The molecule has 1 amide bonds. The van der Waals surface area contributed by atoms with Gasteiger partial charge in [0.15, 0.2) is 0 Å². The van der Waals surface area contributed by atoms with E-state index in [1.807, 2.05) is 13.8 Å². The van der Waals surface area contributed by atoms with Crippen molar-refractivity contribution in [1.29, 1.82) is 0 Å². The zero-order valence-corrected chi connectivity index (χ0v) is 11.2. The molecule has 0 heterocycles. The van der Waals surface area contributed by atoms with Gasteiger partial charge in [0.2, 0.25) is 5.91 Å². The Hall–Kier alpha value is -1.95. The maximum atomic E-state index is 11.3. The van der Waals surface area contributed by atoms with Gasteiger partial charge in [-0.25, -0.2) is 0 Å². The van der Waals surface area contributed by atoms with E-state index in [9.17, 15) is 14.9 Å². The molecule has 0 saturated heterocycles. The van der Waals surface area contributed by atoms with Gasteiger partial charge in [0.1, 0.15) is 0 Å². The first-order chi connectivity index (χ1) is 9.06. The van der Waals surface area contributed by atoms with Gasteiger partial charge in [-0.3, -0.25) is 14.9 Å². The molecule has 0 saturated carbocycles. The molecular formula is C13H19N3O3. The number of nitrogens with one attached hydrogen (secondary N) is 2. The van der Waals surface area contributed by atoms with Crippen molar-refractivity contribution in [3.63, 3.8) is 0 Å². The zero-order valence-electron chi connectivity index (χ0n) is 11.2. The van der Waals surface area contributed by atoms with Crippen LogP contribution in [0.3, 0.4) is 0 Å². The Morgan fingerprint density at radius 3 is 2.74 bits per heavy atom. The Morgan fingerprint density at radius 2 is 2.11 bits per heavy atom. The molecule has 0 bridgehead atoms. The lowest BCUT2D eigenvalue weighted by Crippen LogP contribution is -2.28. The Morgan fingerprint density at radius 1 is 1.42 bits per heavy atom. The van der Waals surface area contributed by atoms with Crippen LogP contribution in [0.5, 0.6) is 0 Å². The van der Waals surface area contributed by atoms with Crippen LogP contribution in [-0.4, -0.2) is 23.9 Å². The summed E-state index contributed by atoms with van der Waals surface area (Å²) >= 11 is 0. The molecule has 0 fully saturated rings. The van der Waals surface area contributed by atoms with E-state index in [1.165, 1.54) is 6.07 Å². The van der Waals surface area contributed by atoms with Gasteiger partial charge in [0, 0.05) is 37.2 Å². The molecule has 0 aliphatic carbocycles. The minimum atomic E-state index is -0.392. The highest BCUT2D eigenvalue weighted by atomic mass is 16.6. The lowest BCUT2D eigenvalue weighted by atomic mass is 10.1. The molecule has 19 heavy (non-hydrogen) atoms. The third-order valence-corrected chi connectivity index (χ3v) is 2.78. The molecule has 104 valence electrons. The summed E-state index contributed by atoms with van der Waals surface area (Å²) in [6.45, 7) is 4.80. The van der Waals surface area contributed by atoms with Gasteiger partial charge in [-0.15, -0.1) is 0 Å². The van der Waals surface area contributed by atoms with Gasteiger partial charge in [0.05, 0.1) is 4.92 Å². The van der Waals surface area contributed by atoms with Gasteiger partial charge in [-0.1, -0.05) is 18.2 Å². The average molecular weight is 265 g/mol. The number of hydrogen-bond donors (Lipinski definition) is 2. The van der Waals surface area contributed by atoms with Crippen LogP contribution in [0, 0.1) is 10.1 Å². The summed E-state index contributed by atoms with van der Waals surface area (Å²) in [7, 11) is 0. The largest absolute Gasteiger partial charge is 0.356 e. The summed E-state index contributed by atoms with van der Waals surface area (Å²) in [5.74, 6) is -0.0234. The normalized spacial score (nSPS) is 11.9. The second kappa shape index (κ2) is 7.48. The average Bonchev–Trinajstić information content (AvgIpc) is 2.38. The number of carbonyl (C=O) groups is 1. The molecular weight excluding hydrogens is 246 g/mol. The van der Waals surface area contributed by atoms with Crippen molar-refractivity contribution in [2.45, 2.75) is 26.3 Å². The van der Waals surface area contributed by atoms with Crippen molar-refractivity contribution in [2.24, 2.45) is 0 Å². The second-order valence-electron chi connectivity index (χ2n) is 4.20. The first-order valence-corrected chi connectivity index (χ1v) is 6.29. The maximum absolute atomic E-state index is 11.3. The number of rotatable bonds is 7. The predicted molar refractivity (Wildman–Crippen MR) is 72.8 cm³/mol. The van der Waals surface area contributed by atoms with Crippen LogP contribution in [0.4, 0.5) is 5.69 Å². The van der Waals surface area contributed by atoms with Crippen LogP contribution in [0.2, 0.25) is 0 Å². The minimum absolute atomic E-state index is 0.0234. The molecule has 1 aromatic carbocycles. The number of nitro benzene ring substituents is 1. The Kier molecular flexibility index (Phi) is 5.95. The Bertz CT molecular complexity index is 449. The molecule has 6 nitrogen and oxygen atoms in total. The van der Waals surface area contributed by atoms with Crippen LogP contribution < -0.4 is 10.6 Å². The van der Waals surface area contributed by atoms with Crippen LogP contribution in [0.1, 0.15) is 31.9 Å². The number of para-hydroxylation sites is 1. The van der Waals surface area contributed by atoms with Crippen molar-refractivity contribution in [2.75, 3.05) is 13.1 Å². The monoisotopic (exact) mass is 265 g/mol. The summed E-state index contributed by atoms with van der Waals surface area (Å²) < 4.78 is 0. The van der Waals surface area contributed by atoms with Crippen molar-refractivity contribution >= 4 is 11.6 Å². The Labute approximate surface area is 112 Å². The maximum Gasteiger partial charge on any atom is 0.274 e. The van der Waals surface area contributed by atoms with Gasteiger partial charge in [-0.05, 0) is 13.8 Å². The molecule has 1 unspecified atom stereocenters. The minimum Gasteiger partial charge on any atom is -0.356 e. The fourth-order valence-corrected chi connectivity index (χ4v) is 1.82. The quantitative estimate of drug-likeness (QED) is 0.581. The smallest absolute Gasteiger partial charge is 0.274 e. The first-order valence-electron chi connectivity index (χ1n) is 6.29. The first kappa shape index (κ1) is 15.1. The predicted octanol–water partition coefficient (Wildman–Crippen LogP) is 1.77. The molecule has 0 radical (unpaired) electrons. The van der Waals surface area contributed by atoms with Gasteiger partial charge in [-0.2, -0.15) is 0 Å². The number of hydrogen-bond acceptors (Lipinski definition) is 4. The van der Waals surface area contributed by atoms with Crippen LogP contribution in [0.25, 0.3) is 0 Å². The highest BCUT2D eigenvalue weighted by molar-refractivity contribution is 5.75. The van der Waals surface area contributed by atoms with Crippen LogP contribution in [0.15, 0.2) is 24.3 Å². The third kappa shape index (κ3) is 4.67. The summed E-state index contributed by atoms with van der Waals surface area (Å²) in [5.41, 5.74) is 0.726. The van der Waals surface area contributed by atoms with E-state index in [1.54, 1.807) is 18.2 Å². The van der Waals surface area contributed by atoms with Gasteiger partial charge >= 0.3 is 0 Å². The topological polar surface area (TPSA) is 84.3 Å². The van der Waals surface area contributed by atoms with E-state index in [0.717, 1.165) is 0 Å². The van der Waals surface area contributed by atoms with Crippen molar-refractivity contribution in [3.05, 3.63) is 39.9 Å². The molecule has 2 N–H and O–H groups in total. The van der Waals surface area contributed by atoms with E-state index < -0.39 is 4.92 Å². The molecule has 6 heteroatoms. The number of amides is 1. The Balaban J connectivity index is 2.56. The van der Waals surface area contributed by atoms with Crippen LogP contribution >= 0.6 is 0 Å². The second-order valence-corrected chi connectivity index (χ2v) is 4.20. The lowest BCUT2D eigenvalue weighted by Gasteiger charge is -2.14. The van der Waals surface area contributed by atoms with Crippen molar-refractivity contribution in [1.82, 2.24) is 10.6 Å². The van der Waals surface area contributed by atoms with Gasteiger partial charge < -0.3 is 10.6 Å². The van der Waals surface area contributed by atoms with E-state index in [0.29, 0.717) is 25.1 Å². The fraction of sp³-hybridized carbons (Fsp3) is 0.462. The zero-order chi connectivity index (χ0) is 14.3. The van der Waals surface area contributed by atoms with E-state index in [4.69, 9.17) is 0 Å². The summed E-state index contributed by atoms with van der Waals surface area (Å²) in [6.07, 6.45) is 0.360. The number of carbonyl (C=O) groups excluding carboxylic acids is 1. The molecule has 1 aromatic rings. The highest BCUT2D eigenvalue weighted by Crippen LogP contribution is 2.24. The van der Waals surface area contributed by atoms with Crippen LogP contribution in [-0.2, 0) is 4.79 Å². The SMILES string of the molecule is CCNC(=O)CCNC(C)c1ccccc1[N+](=O)[O-]. The molecule has 1 atom stereocenters. The summed E-state index contributed by atoms with van der Waals surface area (Å²) in [5, 5.41) is 16.7. The molecule has 0 spiro atoms. The molecule has 1 rings (SSSR count). The standard InChI is InChI=1S/C13H19N3O3/c1-3-14-13(17)8-9-15-10(2)11-6-4-5-7-12(11)16(18)19/h4-7,10,15H,3,8-9H2,1-2H3,(H,14,17). The number of nitro groups is 1.